The molecule has 2 aromatic rings. The Labute approximate surface area is 134 Å². The van der Waals surface area contributed by atoms with E-state index in [0.29, 0.717) is 18.3 Å². The monoisotopic (exact) mass is 321 g/mol. The molecule has 0 bridgehead atoms. The van der Waals surface area contributed by atoms with E-state index in [1.165, 1.54) is 12.1 Å². The van der Waals surface area contributed by atoms with Crippen molar-refractivity contribution in [1.29, 1.82) is 0 Å². The minimum absolute atomic E-state index is 0.133. The maximum Gasteiger partial charge on any atom is 0.231 e. The van der Waals surface area contributed by atoms with Crippen LogP contribution in [0.3, 0.4) is 0 Å². The van der Waals surface area contributed by atoms with Gasteiger partial charge in [-0.25, -0.2) is 8.78 Å². The highest BCUT2D eigenvalue weighted by molar-refractivity contribution is 5.18. The normalized spacial score (nSPS) is 19.4. The summed E-state index contributed by atoms with van der Waals surface area (Å²) in [7, 11) is 0. The number of halogens is 2. The lowest BCUT2D eigenvalue weighted by Crippen LogP contribution is -2.20. The van der Waals surface area contributed by atoms with Crippen molar-refractivity contribution >= 4 is 0 Å². The summed E-state index contributed by atoms with van der Waals surface area (Å²) in [5.41, 5.74) is 0.636. The smallest absolute Gasteiger partial charge is 0.231 e. The fraction of sp³-hybridized carbons (Fsp3) is 0.529. The first-order valence-corrected chi connectivity index (χ1v) is 7.83. The SMILES string of the molecule is CC(C)(C)c1noc(C2CCN(Cc3ccc(F)c(F)c3)C2)n1. The Kier molecular flexibility index (Phi) is 4.19. The molecule has 0 amide bonds. The molecule has 1 saturated heterocycles. The number of hydrogen-bond donors (Lipinski definition) is 0. The summed E-state index contributed by atoms with van der Waals surface area (Å²) in [6, 6.07) is 4.05. The summed E-state index contributed by atoms with van der Waals surface area (Å²) < 4.78 is 31.7. The zero-order valence-electron chi connectivity index (χ0n) is 13.6. The maximum atomic E-state index is 13.3. The van der Waals surface area contributed by atoms with Crippen molar-refractivity contribution in [2.75, 3.05) is 13.1 Å². The van der Waals surface area contributed by atoms with Gasteiger partial charge in [0.05, 0.1) is 5.92 Å². The van der Waals surface area contributed by atoms with E-state index in [9.17, 15) is 8.78 Å². The van der Waals surface area contributed by atoms with Gasteiger partial charge in [-0.05, 0) is 30.7 Å². The topological polar surface area (TPSA) is 42.2 Å². The van der Waals surface area contributed by atoms with Crippen LogP contribution in [0, 0.1) is 11.6 Å². The molecule has 6 heteroatoms. The van der Waals surface area contributed by atoms with Crippen molar-refractivity contribution in [2.24, 2.45) is 0 Å². The summed E-state index contributed by atoms with van der Waals surface area (Å²) in [6.07, 6.45) is 0.926. The highest BCUT2D eigenvalue weighted by atomic mass is 19.2. The van der Waals surface area contributed by atoms with Gasteiger partial charge in [-0.3, -0.25) is 4.90 Å². The van der Waals surface area contributed by atoms with E-state index in [1.807, 2.05) is 20.8 Å². The average Bonchev–Trinajstić information content (AvgIpc) is 3.11. The predicted molar refractivity (Wildman–Crippen MR) is 82.0 cm³/mol. The van der Waals surface area contributed by atoms with Gasteiger partial charge >= 0.3 is 0 Å². The van der Waals surface area contributed by atoms with Gasteiger partial charge in [0.2, 0.25) is 5.89 Å². The van der Waals surface area contributed by atoms with Crippen LogP contribution in [-0.2, 0) is 12.0 Å². The van der Waals surface area contributed by atoms with E-state index in [1.54, 1.807) is 6.07 Å². The minimum Gasteiger partial charge on any atom is -0.339 e. The van der Waals surface area contributed by atoms with Crippen LogP contribution in [0.1, 0.15) is 50.4 Å². The molecule has 2 heterocycles. The second-order valence-corrected chi connectivity index (χ2v) is 7.18. The van der Waals surface area contributed by atoms with Crippen LogP contribution in [0.15, 0.2) is 22.7 Å². The van der Waals surface area contributed by atoms with Crippen LogP contribution in [0.25, 0.3) is 0 Å². The number of aromatic nitrogens is 2. The van der Waals surface area contributed by atoms with E-state index in [0.717, 1.165) is 25.1 Å². The second kappa shape index (κ2) is 6.00. The largest absolute Gasteiger partial charge is 0.339 e. The fourth-order valence-corrected chi connectivity index (χ4v) is 2.78. The molecule has 0 radical (unpaired) electrons. The average molecular weight is 321 g/mol. The lowest BCUT2D eigenvalue weighted by molar-refractivity contribution is 0.306. The van der Waals surface area contributed by atoms with Crippen LogP contribution in [-0.4, -0.2) is 28.1 Å². The molecule has 23 heavy (non-hydrogen) atoms. The van der Waals surface area contributed by atoms with E-state index in [2.05, 4.69) is 15.0 Å². The molecule has 1 aliphatic heterocycles. The van der Waals surface area contributed by atoms with Crippen molar-refractivity contribution in [3.05, 3.63) is 47.1 Å². The van der Waals surface area contributed by atoms with Gasteiger partial charge in [0.1, 0.15) is 0 Å². The highest BCUT2D eigenvalue weighted by Crippen LogP contribution is 2.29. The summed E-state index contributed by atoms with van der Waals surface area (Å²) >= 11 is 0. The van der Waals surface area contributed by atoms with Gasteiger partial charge in [0.25, 0.3) is 0 Å². The molecule has 0 N–H and O–H groups in total. The number of benzene rings is 1. The van der Waals surface area contributed by atoms with E-state index >= 15 is 0 Å². The predicted octanol–water partition coefficient (Wildman–Crippen LogP) is 3.63. The Morgan fingerprint density at radius 1 is 1.26 bits per heavy atom. The molecule has 1 aliphatic rings. The highest BCUT2D eigenvalue weighted by Gasteiger charge is 2.30. The van der Waals surface area contributed by atoms with Gasteiger partial charge in [-0.1, -0.05) is 32.0 Å². The molecule has 1 atom stereocenters. The molecule has 0 aliphatic carbocycles. The van der Waals surface area contributed by atoms with Crippen molar-refractivity contribution < 1.29 is 13.3 Å². The number of nitrogens with zero attached hydrogens (tertiary/aromatic N) is 3. The van der Waals surface area contributed by atoms with Gasteiger partial charge in [0, 0.05) is 18.5 Å². The van der Waals surface area contributed by atoms with Crippen LogP contribution < -0.4 is 0 Å². The molecule has 4 nitrogen and oxygen atoms in total. The zero-order valence-corrected chi connectivity index (χ0v) is 13.6. The number of likely N-dealkylation sites (tertiary alicyclic amines) is 1. The molecule has 0 saturated carbocycles. The minimum atomic E-state index is -0.811. The molecular formula is C17H21F2N3O. The summed E-state index contributed by atoms with van der Waals surface area (Å²) in [5.74, 6) is -0.0308. The molecule has 3 rings (SSSR count). The van der Waals surface area contributed by atoms with Gasteiger partial charge < -0.3 is 4.52 Å². The van der Waals surface area contributed by atoms with E-state index in [4.69, 9.17) is 4.52 Å². The van der Waals surface area contributed by atoms with Gasteiger partial charge in [0.15, 0.2) is 17.5 Å². The molecule has 1 unspecified atom stereocenters. The van der Waals surface area contributed by atoms with Crippen LogP contribution >= 0.6 is 0 Å². The lowest BCUT2D eigenvalue weighted by atomic mass is 9.96. The number of rotatable bonds is 3. The molecule has 124 valence electrons. The summed E-state index contributed by atoms with van der Waals surface area (Å²) in [5, 5.41) is 4.07. The van der Waals surface area contributed by atoms with Gasteiger partial charge in [-0.2, -0.15) is 4.98 Å². The molecule has 1 aromatic heterocycles. The zero-order chi connectivity index (χ0) is 16.6. The number of hydrogen-bond acceptors (Lipinski definition) is 4. The molecule has 0 spiro atoms. The van der Waals surface area contributed by atoms with Gasteiger partial charge in [-0.15, -0.1) is 0 Å². The van der Waals surface area contributed by atoms with E-state index < -0.39 is 11.6 Å². The Morgan fingerprint density at radius 2 is 2.04 bits per heavy atom. The van der Waals surface area contributed by atoms with Crippen molar-refractivity contribution in [3.63, 3.8) is 0 Å². The van der Waals surface area contributed by atoms with Crippen molar-refractivity contribution in [1.82, 2.24) is 15.0 Å². The molecular weight excluding hydrogens is 300 g/mol. The third-order valence-electron chi connectivity index (χ3n) is 4.12. The van der Waals surface area contributed by atoms with Crippen LogP contribution in [0.4, 0.5) is 8.78 Å². The lowest BCUT2D eigenvalue weighted by Gasteiger charge is -2.15. The Bertz CT molecular complexity index is 693. The maximum absolute atomic E-state index is 13.3. The second-order valence-electron chi connectivity index (χ2n) is 7.18. The van der Waals surface area contributed by atoms with Crippen molar-refractivity contribution in [3.8, 4) is 0 Å². The molecule has 1 fully saturated rings. The van der Waals surface area contributed by atoms with E-state index in [-0.39, 0.29) is 11.3 Å². The Hall–Kier alpha value is -1.82. The first kappa shape index (κ1) is 16.1. The third kappa shape index (κ3) is 3.58. The molecule has 1 aromatic carbocycles. The van der Waals surface area contributed by atoms with Crippen LogP contribution in [0.2, 0.25) is 0 Å². The first-order chi connectivity index (χ1) is 10.8. The fourth-order valence-electron chi connectivity index (χ4n) is 2.78. The quantitative estimate of drug-likeness (QED) is 0.865. The summed E-state index contributed by atoms with van der Waals surface area (Å²) in [4.78, 5) is 6.71. The van der Waals surface area contributed by atoms with Crippen molar-refractivity contribution in [2.45, 2.75) is 45.1 Å². The third-order valence-corrected chi connectivity index (χ3v) is 4.12. The Balaban J connectivity index is 1.64. The Morgan fingerprint density at radius 3 is 2.70 bits per heavy atom. The standard InChI is InChI=1S/C17H21F2N3O/c1-17(2,3)16-20-15(23-21-16)12-6-7-22(10-12)9-11-4-5-13(18)14(19)8-11/h4-5,8,12H,6-7,9-10H2,1-3H3. The summed E-state index contributed by atoms with van der Waals surface area (Å²) in [6.45, 7) is 8.39. The van der Waals surface area contributed by atoms with Crippen LogP contribution in [0.5, 0.6) is 0 Å². The first-order valence-electron chi connectivity index (χ1n) is 7.83.